The van der Waals surface area contributed by atoms with Gasteiger partial charge in [0.2, 0.25) is 0 Å². The van der Waals surface area contributed by atoms with Gasteiger partial charge in [-0.15, -0.1) is 10.2 Å². The van der Waals surface area contributed by atoms with Crippen molar-refractivity contribution < 1.29 is 0 Å². The van der Waals surface area contributed by atoms with Crippen LogP contribution in [0.2, 0.25) is 0 Å². The molecule has 92 valence electrons. The van der Waals surface area contributed by atoms with Gasteiger partial charge < -0.3 is 10.3 Å². The van der Waals surface area contributed by atoms with Crippen molar-refractivity contribution >= 4 is 11.8 Å². The van der Waals surface area contributed by atoms with Gasteiger partial charge in [-0.2, -0.15) is 0 Å². The van der Waals surface area contributed by atoms with Crippen molar-refractivity contribution in [1.82, 2.24) is 14.8 Å². The Morgan fingerprint density at radius 1 is 1.25 bits per heavy atom. The van der Waals surface area contributed by atoms with Crippen LogP contribution in [0.1, 0.15) is 38.4 Å². The van der Waals surface area contributed by atoms with Gasteiger partial charge in [0.05, 0.1) is 0 Å². The Balaban J connectivity index is 2.63. The molecule has 0 aromatic carbocycles. The summed E-state index contributed by atoms with van der Waals surface area (Å²) in [5.74, 6) is 1.09. The SMILES string of the molecule is CCCCCn1c(CCCN)nnc1SC. The van der Waals surface area contributed by atoms with Gasteiger partial charge in [0.1, 0.15) is 5.82 Å². The van der Waals surface area contributed by atoms with E-state index < -0.39 is 0 Å². The lowest BCUT2D eigenvalue weighted by Crippen LogP contribution is -2.08. The lowest BCUT2D eigenvalue weighted by atomic mass is 10.2. The molecular weight excluding hydrogens is 220 g/mol. The van der Waals surface area contributed by atoms with Gasteiger partial charge in [-0.3, -0.25) is 0 Å². The van der Waals surface area contributed by atoms with E-state index in [2.05, 4.69) is 21.7 Å². The molecule has 4 nitrogen and oxygen atoms in total. The van der Waals surface area contributed by atoms with Crippen molar-refractivity contribution in [2.45, 2.75) is 50.7 Å². The Labute approximate surface area is 102 Å². The topological polar surface area (TPSA) is 56.7 Å². The van der Waals surface area contributed by atoms with E-state index in [-0.39, 0.29) is 0 Å². The maximum atomic E-state index is 5.52. The molecule has 0 unspecified atom stereocenters. The number of nitrogens with two attached hydrogens (primary N) is 1. The predicted molar refractivity (Wildman–Crippen MR) is 68.7 cm³/mol. The van der Waals surface area contributed by atoms with Crippen molar-refractivity contribution in [2.24, 2.45) is 5.73 Å². The molecule has 1 aromatic heterocycles. The number of aromatic nitrogens is 3. The average molecular weight is 242 g/mol. The minimum Gasteiger partial charge on any atom is -0.330 e. The highest BCUT2D eigenvalue weighted by Crippen LogP contribution is 2.15. The van der Waals surface area contributed by atoms with E-state index in [1.807, 2.05) is 6.26 Å². The number of hydrogen-bond acceptors (Lipinski definition) is 4. The standard InChI is InChI=1S/C11H22N4S/c1-3-4-5-9-15-10(7-6-8-12)13-14-11(15)16-2/h3-9,12H2,1-2H3. The fraction of sp³-hybridized carbons (Fsp3) is 0.818. The van der Waals surface area contributed by atoms with E-state index in [1.54, 1.807) is 11.8 Å². The zero-order valence-electron chi connectivity index (χ0n) is 10.3. The molecule has 0 fully saturated rings. The minimum absolute atomic E-state index is 0.719. The van der Waals surface area contributed by atoms with Crippen molar-refractivity contribution in [3.8, 4) is 0 Å². The van der Waals surface area contributed by atoms with E-state index in [1.165, 1.54) is 19.3 Å². The molecule has 1 aromatic rings. The minimum atomic E-state index is 0.719. The zero-order valence-corrected chi connectivity index (χ0v) is 11.1. The van der Waals surface area contributed by atoms with Crippen molar-refractivity contribution in [2.75, 3.05) is 12.8 Å². The molecule has 2 N–H and O–H groups in total. The smallest absolute Gasteiger partial charge is 0.190 e. The molecule has 0 radical (unpaired) electrons. The largest absolute Gasteiger partial charge is 0.330 e. The molecule has 0 aliphatic rings. The summed E-state index contributed by atoms with van der Waals surface area (Å²) < 4.78 is 2.25. The molecule has 0 amide bonds. The second kappa shape index (κ2) is 7.68. The van der Waals surface area contributed by atoms with Crippen LogP contribution < -0.4 is 5.73 Å². The fourth-order valence-electron chi connectivity index (χ4n) is 1.66. The van der Waals surface area contributed by atoms with Gasteiger partial charge in [-0.05, 0) is 25.6 Å². The summed E-state index contributed by atoms with van der Waals surface area (Å²) in [6, 6.07) is 0. The third-order valence-corrected chi connectivity index (χ3v) is 3.23. The van der Waals surface area contributed by atoms with Gasteiger partial charge >= 0.3 is 0 Å². The number of unbranched alkanes of at least 4 members (excludes halogenated alkanes) is 2. The van der Waals surface area contributed by atoms with E-state index in [0.29, 0.717) is 0 Å². The number of nitrogens with zero attached hydrogens (tertiary/aromatic N) is 3. The average Bonchev–Trinajstić information content (AvgIpc) is 2.69. The molecule has 0 atom stereocenters. The third kappa shape index (κ3) is 3.79. The highest BCUT2D eigenvalue weighted by atomic mass is 32.2. The van der Waals surface area contributed by atoms with Crippen LogP contribution in [-0.2, 0) is 13.0 Å². The highest BCUT2D eigenvalue weighted by molar-refractivity contribution is 7.98. The maximum Gasteiger partial charge on any atom is 0.190 e. The van der Waals surface area contributed by atoms with Crippen molar-refractivity contribution in [3.05, 3.63) is 5.82 Å². The van der Waals surface area contributed by atoms with Gasteiger partial charge in [-0.25, -0.2) is 0 Å². The van der Waals surface area contributed by atoms with Crippen molar-refractivity contribution in [3.63, 3.8) is 0 Å². The van der Waals surface area contributed by atoms with Crippen LogP contribution in [-0.4, -0.2) is 27.6 Å². The van der Waals surface area contributed by atoms with Crippen LogP contribution >= 0.6 is 11.8 Å². The Hall–Kier alpha value is -0.550. The molecule has 1 rings (SSSR count). The van der Waals surface area contributed by atoms with Gasteiger partial charge in [0, 0.05) is 13.0 Å². The number of aryl methyl sites for hydroxylation is 1. The monoisotopic (exact) mass is 242 g/mol. The summed E-state index contributed by atoms with van der Waals surface area (Å²) in [4.78, 5) is 0. The number of thioether (sulfide) groups is 1. The first-order valence-electron chi connectivity index (χ1n) is 5.99. The van der Waals surface area contributed by atoms with Gasteiger partial charge in [-0.1, -0.05) is 31.5 Å². The first kappa shape index (κ1) is 13.5. The Kier molecular flexibility index (Phi) is 6.49. The Morgan fingerprint density at radius 3 is 2.69 bits per heavy atom. The van der Waals surface area contributed by atoms with E-state index in [4.69, 9.17) is 5.73 Å². The summed E-state index contributed by atoms with van der Waals surface area (Å²) in [7, 11) is 0. The van der Waals surface area contributed by atoms with Crippen LogP contribution in [0, 0.1) is 0 Å². The highest BCUT2D eigenvalue weighted by Gasteiger charge is 2.09. The molecule has 0 aliphatic heterocycles. The Bertz CT molecular complexity index is 298. The van der Waals surface area contributed by atoms with Crippen LogP contribution in [0.15, 0.2) is 5.16 Å². The summed E-state index contributed by atoms with van der Waals surface area (Å²) in [5, 5.41) is 9.47. The molecular formula is C11H22N4S. The lowest BCUT2D eigenvalue weighted by molar-refractivity contribution is 0.543. The second-order valence-electron chi connectivity index (χ2n) is 3.85. The molecule has 0 saturated carbocycles. The predicted octanol–water partition coefficient (Wildman–Crippen LogP) is 2.08. The molecule has 1 heterocycles. The van der Waals surface area contributed by atoms with Crippen LogP contribution in [0.5, 0.6) is 0 Å². The quantitative estimate of drug-likeness (QED) is 0.560. The molecule has 16 heavy (non-hydrogen) atoms. The van der Waals surface area contributed by atoms with Crippen molar-refractivity contribution in [1.29, 1.82) is 0 Å². The Morgan fingerprint density at radius 2 is 2.06 bits per heavy atom. The second-order valence-corrected chi connectivity index (χ2v) is 4.63. The zero-order chi connectivity index (χ0) is 11.8. The third-order valence-electron chi connectivity index (χ3n) is 2.57. The molecule has 0 bridgehead atoms. The molecule has 5 heteroatoms. The fourth-order valence-corrected chi connectivity index (χ4v) is 2.20. The summed E-state index contributed by atoms with van der Waals surface area (Å²) >= 11 is 1.67. The first-order valence-corrected chi connectivity index (χ1v) is 7.22. The molecule has 0 spiro atoms. The molecule has 0 aliphatic carbocycles. The molecule has 0 saturated heterocycles. The van der Waals surface area contributed by atoms with E-state index in [9.17, 15) is 0 Å². The van der Waals surface area contributed by atoms with E-state index in [0.717, 1.165) is 36.9 Å². The van der Waals surface area contributed by atoms with Crippen LogP contribution in [0.4, 0.5) is 0 Å². The van der Waals surface area contributed by atoms with Crippen LogP contribution in [0.3, 0.4) is 0 Å². The van der Waals surface area contributed by atoms with Crippen LogP contribution in [0.25, 0.3) is 0 Å². The lowest BCUT2D eigenvalue weighted by Gasteiger charge is -2.08. The summed E-state index contributed by atoms with van der Waals surface area (Å²) in [6.07, 6.45) is 7.69. The first-order chi connectivity index (χ1) is 7.83. The summed E-state index contributed by atoms with van der Waals surface area (Å²) in [5.41, 5.74) is 5.52. The maximum absolute atomic E-state index is 5.52. The van der Waals surface area contributed by atoms with E-state index >= 15 is 0 Å². The number of hydrogen-bond donors (Lipinski definition) is 1. The summed E-state index contributed by atoms with van der Waals surface area (Å²) in [6.45, 7) is 3.98. The number of rotatable bonds is 8. The van der Waals surface area contributed by atoms with Gasteiger partial charge in [0.15, 0.2) is 5.16 Å². The normalized spacial score (nSPS) is 10.9. The van der Waals surface area contributed by atoms with Gasteiger partial charge in [0.25, 0.3) is 0 Å².